The SMILES string of the molecule is Cc1ccccc1Cn1cc(NC(=O)CCn2cc(Cl)cn2)cn1. The molecule has 1 aromatic carbocycles. The first-order valence-electron chi connectivity index (χ1n) is 7.65. The molecule has 124 valence electrons. The lowest BCUT2D eigenvalue weighted by Crippen LogP contribution is -2.14. The monoisotopic (exact) mass is 343 g/mol. The van der Waals surface area contributed by atoms with Gasteiger partial charge in [0.15, 0.2) is 0 Å². The standard InChI is InChI=1S/C17H18ClN5O/c1-13-4-2-3-5-14(13)10-23-12-16(9-20-23)21-17(24)6-7-22-11-15(18)8-19-22/h2-5,8-9,11-12H,6-7,10H2,1H3,(H,21,24). The summed E-state index contributed by atoms with van der Waals surface area (Å²) in [7, 11) is 0. The molecule has 0 fully saturated rings. The Morgan fingerprint density at radius 1 is 1.17 bits per heavy atom. The molecule has 3 rings (SSSR count). The van der Waals surface area contributed by atoms with Crippen LogP contribution in [-0.2, 0) is 17.9 Å². The number of nitrogens with one attached hydrogen (secondary N) is 1. The fourth-order valence-corrected chi connectivity index (χ4v) is 2.53. The number of benzene rings is 1. The molecule has 2 heterocycles. The molecule has 3 aromatic rings. The zero-order valence-corrected chi connectivity index (χ0v) is 14.1. The summed E-state index contributed by atoms with van der Waals surface area (Å²) in [5.41, 5.74) is 3.11. The van der Waals surface area contributed by atoms with E-state index in [1.54, 1.807) is 23.3 Å². The number of aryl methyl sites for hydroxylation is 2. The third-order valence-electron chi connectivity index (χ3n) is 3.68. The second-order valence-electron chi connectivity index (χ2n) is 5.57. The highest BCUT2D eigenvalue weighted by molar-refractivity contribution is 6.30. The van der Waals surface area contributed by atoms with Gasteiger partial charge in [0.2, 0.25) is 5.91 Å². The molecule has 0 spiro atoms. The second-order valence-corrected chi connectivity index (χ2v) is 6.01. The van der Waals surface area contributed by atoms with Crippen molar-refractivity contribution in [2.45, 2.75) is 26.4 Å². The Morgan fingerprint density at radius 2 is 1.96 bits per heavy atom. The van der Waals surface area contributed by atoms with E-state index in [9.17, 15) is 4.79 Å². The molecule has 0 radical (unpaired) electrons. The van der Waals surface area contributed by atoms with E-state index in [2.05, 4.69) is 34.6 Å². The van der Waals surface area contributed by atoms with Gasteiger partial charge in [-0.15, -0.1) is 0 Å². The van der Waals surface area contributed by atoms with E-state index in [-0.39, 0.29) is 5.91 Å². The lowest BCUT2D eigenvalue weighted by molar-refractivity contribution is -0.116. The quantitative estimate of drug-likeness (QED) is 0.748. The average Bonchev–Trinajstić information content (AvgIpc) is 3.17. The molecule has 1 amide bonds. The van der Waals surface area contributed by atoms with Gasteiger partial charge in [-0.2, -0.15) is 10.2 Å². The van der Waals surface area contributed by atoms with Crippen LogP contribution in [0.5, 0.6) is 0 Å². The number of halogens is 1. The average molecular weight is 344 g/mol. The molecule has 7 heteroatoms. The summed E-state index contributed by atoms with van der Waals surface area (Å²) in [6.45, 7) is 3.23. The molecule has 0 unspecified atom stereocenters. The lowest BCUT2D eigenvalue weighted by atomic mass is 10.1. The summed E-state index contributed by atoms with van der Waals surface area (Å²) in [5, 5.41) is 11.7. The predicted molar refractivity (Wildman–Crippen MR) is 93.0 cm³/mol. The number of aromatic nitrogens is 4. The minimum atomic E-state index is -0.0861. The first-order valence-corrected chi connectivity index (χ1v) is 8.03. The van der Waals surface area contributed by atoms with Crippen LogP contribution in [0.2, 0.25) is 5.02 Å². The molecule has 0 saturated heterocycles. The van der Waals surface area contributed by atoms with Crippen molar-refractivity contribution in [3.05, 3.63) is 65.2 Å². The van der Waals surface area contributed by atoms with Crippen molar-refractivity contribution in [3.8, 4) is 0 Å². The van der Waals surface area contributed by atoms with Gasteiger partial charge in [0.05, 0.1) is 29.6 Å². The highest BCUT2D eigenvalue weighted by Gasteiger charge is 2.07. The largest absolute Gasteiger partial charge is 0.323 e. The molecule has 0 bridgehead atoms. The maximum atomic E-state index is 12.0. The van der Waals surface area contributed by atoms with Crippen LogP contribution in [0.3, 0.4) is 0 Å². The third-order valence-corrected chi connectivity index (χ3v) is 3.88. The Labute approximate surface area is 145 Å². The Morgan fingerprint density at radius 3 is 2.71 bits per heavy atom. The van der Waals surface area contributed by atoms with Gasteiger partial charge in [0.1, 0.15) is 0 Å². The molecule has 0 aliphatic carbocycles. The molecule has 0 aliphatic heterocycles. The molecule has 0 atom stereocenters. The van der Waals surface area contributed by atoms with Gasteiger partial charge in [-0.3, -0.25) is 14.2 Å². The molecule has 6 nitrogen and oxygen atoms in total. The predicted octanol–water partition coefficient (Wildman–Crippen LogP) is 3.12. The number of amides is 1. The van der Waals surface area contributed by atoms with Gasteiger partial charge in [-0.05, 0) is 18.1 Å². The van der Waals surface area contributed by atoms with Crippen molar-refractivity contribution in [1.29, 1.82) is 0 Å². The highest BCUT2D eigenvalue weighted by Crippen LogP contribution is 2.12. The minimum absolute atomic E-state index is 0.0861. The molecule has 24 heavy (non-hydrogen) atoms. The Balaban J connectivity index is 1.53. The fourth-order valence-electron chi connectivity index (χ4n) is 2.38. The topological polar surface area (TPSA) is 64.7 Å². The van der Waals surface area contributed by atoms with Gasteiger partial charge in [-0.25, -0.2) is 0 Å². The number of anilines is 1. The maximum absolute atomic E-state index is 12.0. The van der Waals surface area contributed by atoms with Crippen molar-refractivity contribution in [3.63, 3.8) is 0 Å². The third kappa shape index (κ3) is 4.23. The first-order chi connectivity index (χ1) is 11.6. The summed E-state index contributed by atoms with van der Waals surface area (Å²) < 4.78 is 3.45. The van der Waals surface area contributed by atoms with Gasteiger partial charge >= 0.3 is 0 Å². The summed E-state index contributed by atoms with van der Waals surface area (Å²) >= 11 is 5.79. The van der Waals surface area contributed by atoms with Crippen LogP contribution in [0.25, 0.3) is 0 Å². The van der Waals surface area contributed by atoms with Crippen molar-refractivity contribution in [2.24, 2.45) is 0 Å². The smallest absolute Gasteiger partial charge is 0.226 e. The number of nitrogens with zero attached hydrogens (tertiary/aromatic N) is 4. The Kier molecular flexibility index (Phi) is 4.96. The van der Waals surface area contributed by atoms with E-state index in [0.717, 1.165) is 0 Å². The number of hydrogen-bond donors (Lipinski definition) is 1. The van der Waals surface area contributed by atoms with Crippen LogP contribution in [0, 0.1) is 6.92 Å². The Hall–Kier alpha value is -2.60. The molecule has 0 saturated carbocycles. The molecule has 0 aliphatic rings. The van der Waals surface area contributed by atoms with Crippen LogP contribution >= 0.6 is 11.6 Å². The van der Waals surface area contributed by atoms with Gasteiger partial charge in [0, 0.05) is 25.4 Å². The normalized spacial score (nSPS) is 10.8. The van der Waals surface area contributed by atoms with E-state index in [4.69, 9.17) is 11.6 Å². The first kappa shape index (κ1) is 16.3. The van der Waals surface area contributed by atoms with Crippen LogP contribution in [0.1, 0.15) is 17.5 Å². The molecule has 1 N–H and O–H groups in total. The van der Waals surface area contributed by atoms with Crippen LogP contribution < -0.4 is 5.32 Å². The van der Waals surface area contributed by atoms with Gasteiger partial charge < -0.3 is 5.32 Å². The van der Waals surface area contributed by atoms with E-state index in [1.165, 1.54) is 11.1 Å². The van der Waals surface area contributed by atoms with Crippen LogP contribution in [0.15, 0.2) is 49.1 Å². The number of rotatable bonds is 6. The van der Waals surface area contributed by atoms with Crippen molar-refractivity contribution >= 4 is 23.2 Å². The maximum Gasteiger partial charge on any atom is 0.226 e. The lowest BCUT2D eigenvalue weighted by Gasteiger charge is -2.05. The van der Waals surface area contributed by atoms with Crippen LogP contribution in [-0.4, -0.2) is 25.5 Å². The summed E-state index contributed by atoms with van der Waals surface area (Å²) in [6.07, 6.45) is 7.04. The van der Waals surface area contributed by atoms with Gasteiger partial charge in [-0.1, -0.05) is 35.9 Å². The van der Waals surface area contributed by atoms with Crippen molar-refractivity contribution < 1.29 is 4.79 Å². The van der Waals surface area contributed by atoms with Gasteiger partial charge in [0.25, 0.3) is 0 Å². The Bertz CT molecular complexity index is 839. The zero-order chi connectivity index (χ0) is 16.9. The molecule has 2 aromatic heterocycles. The molecular weight excluding hydrogens is 326 g/mol. The van der Waals surface area contributed by atoms with E-state index < -0.39 is 0 Å². The number of carbonyl (C=O) groups excluding carboxylic acids is 1. The summed E-state index contributed by atoms with van der Waals surface area (Å²) in [6, 6.07) is 8.17. The number of carbonyl (C=O) groups is 1. The minimum Gasteiger partial charge on any atom is -0.323 e. The van der Waals surface area contributed by atoms with E-state index in [1.807, 2.05) is 23.0 Å². The van der Waals surface area contributed by atoms with E-state index >= 15 is 0 Å². The van der Waals surface area contributed by atoms with Crippen molar-refractivity contribution in [1.82, 2.24) is 19.6 Å². The zero-order valence-electron chi connectivity index (χ0n) is 13.3. The summed E-state index contributed by atoms with van der Waals surface area (Å²) in [5.74, 6) is -0.0861. The van der Waals surface area contributed by atoms with Crippen LogP contribution in [0.4, 0.5) is 5.69 Å². The highest BCUT2D eigenvalue weighted by atomic mass is 35.5. The summed E-state index contributed by atoms with van der Waals surface area (Å²) in [4.78, 5) is 12.0. The second kappa shape index (κ2) is 7.31. The fraction of sp³-hybridized carbons (Fsp3) is 0.235. The van der Waals surface area contributed by atoms with Crippen molar-refractivity contribution in [2.75, 3.05) is 5.32 Å². The molecular formula is C17H18ClN5O. The van der Waals surface area contributed by atoms with E-state index in [0.29, 0.717) is 30.2 Å². The number of hydrogen-bond acceptors (Lipinski definition) is 3.